The summed E-state index contributed by atoms with van der Waals surface area (Å²) in [5.74, 6) is 0. The van der Waals surface area contributed by atoms with Gasteiger partial charge in [-0.2, -0.15) is 22.1 Å². The lowest BCUT2D eigenvalue weighted by Crippen LogP contribution is -2.39. The van der Waals surface area contributed by atoms with Crippen LogP contribution in [0.5, 0.6) is 0 Å². The summed E-state index contributed by atoms with van der Waals surface area (Å²) in [7, 11) is -0.329. The molecule has 23 heavy (non-hydrogen) atoms. The number of nitrogens with one attached hydrogen (secondary N) is 1. The predicted molar refractivity (Wildman–Crippen MR) is 87.8 cm³/mol. The standard InChI is InChI=1S/C15H21N5O2S/c1-11-10-14(18-17-11)12-6-4-7-13(16-12)15-8-5-9-20(15)23(21,22)19(2)3/h4,6-7,10,15H,5,8-9H2,1-3H3,(H,17,18)/t15-/m0/s1. The third-order valence-electron chi connectivity index (χ3n) is 4.04. The fourth-order valence-corrected chi connectivity index (χ4v) is 4.16. The first-order chi connectivity index (χ1) is 10.9. The molecule has 0 aliphatic carbocycles. The lowest BCUT2D eigenvalue weighted by atomic mass is 10.1. The normalized spacial score (nSPS) is 19.6. The smallest absolute Gasteiger partial charge is 0.282 e. The van der Waals surface area contributed by atoms with E-state index < -0.39 is 10.2 Å². The molecule has 0 radical (unpaired) electrons. The SMILES string of the molecule is Cc1cc(-c2cccc([C@@H]3CCCN3S(=O)(=O)N(C)C)n2)n[nH]1. The van der Waals surface area contributed by atoms with Gasteiger partial charge in [0.1, 0.15) is 5.69 Å². The van der Waals surface area contributed by atoms with Crippen LogP contribution in [0.25, 0.3) is 11.4 Å². The van der Waals surface area contributed by atoms with Crippen LogP contribution in [0.15, 0.2) is 24.3 Å². The second kappa shape index (κ2) is 6.03. The molecule has 124 valence electrons. The molecule has 2 aromatic heterocycles. The first kappa shape index (κ1) is 16.1. The van der Waals surface area contributed by atoms with Crippen LogP contribution < -0.4 is 0 Å². The van der Waals surface area contributed by atoms with Gasteiger partial charge in [-0.25, -0.2) is 4.98 Å². The molecule has 1 atom stereocenters. The third kappa shape index (κ3) is 3.01. The molecule has 1 aliphatic rings. The summed E-state index contributed by atoms with van der Waals surface area (Å²) in [5.41, 5.74) is 3.25. The van der Waals surface area contributed by atoms with Crippen LogP contribution in [0.2, 0.25) is 0 Å². The van der Waals surface area contributed by atoms with Gasteiger partial charge >= 0.3 is 0 Å². The van der Waals surface area contributed by atoms with Gasteiger partial charge in [-0.1, -0.05) is 6.07 Å². The Balaban J connectivity index is 1.95. The van der Waals surface area contributed by atoms with Crippen molar-refractivity contribution < 1.29 is 8.42 Å². The van der Waals surface area contributed by atoms with Gasteiger partial charge in [-0.3, -0.25) is 5.10 Å². The number of H-pyrrole nitrogens is 1. The zero-order valence-corrected chi connectivity index (χ0v) is 14.3. The van der Waals surface area contributed by atoms with Gasteiger partial charge in [0.25, 0.3) is 10.2 Å². The molecule has 7 nitrogen and oxygen atoms in total. The quantitative estimate of drug-likeness (QED) is 0.922. The number of rotatable bonds is 4. The molecule has 0 bridgehead atoms. The molecule has 0 saturated carbocycles. The van der Waals surface area contributed by atoms with Gasteiger partial charge in [0.05, 0.1) is 17.4 Å². The fourth-order valence-electron chi connectivity index (χ4n) is 2.85. The zero-order chi connectivity index (χ0) is 16.6. The summed E-state index contributed by atoms with van der Waals surface area (Å²) >= 11 is 0. The Kier molecular flexibility index (Phi) is 4.22. The van der Waals surface area contributed by atoms with Crippen LogP contribution in [0.1, 0.15) is 30.3 Å². The largest absolute Gasteiger partial charge is 0.282 e. The van der Waals surface area contributed by atoms with Gasteiger partial charge in [0.15, 0.2) is 0 Å². The van der Waals surface area contributed by atoms with Crippen LogP contribution >= 0.6 is 0 Å². The lowest BCUT2D eigenvalue weighted by molar-refractivity contribution is 0.358. The average Bonchev–Trinajstić information content (AvgIpc) is 3.16. The molecule has 3 heterocycles. The van der Waals surface area contributed by atoms with E-state index in [0.717, 1.165) is 35.6 Å². The highest BCUT2D eigenvalue weighted by molar-refractivity contribution is 7.86. The maximum Gasteiger partial charge on any atom is 0.282 e. The fraction of sp³-hybridized carbons (Fsp3) is 0.467. The summed E-state index contributed by atoms with van der Waals surface area (Å²) in [5, 5.41) is 7.12. The van der Waals surface area contributed by atoms with E-state index in [-0.39, 0.29) is 6.04 Å². The second-order valence-corrected chi connectivity index (χ2v) is 8.04. The molecule has 0 spiro atoms. The average molecular weight is 335 g/mol. The molecule has 1 saturated heterocycles. The van der Waals surface area contributed by atoms with Gasteiger partial charge in [-0.05, 0) is 38.0 Å². The van der Waals surface area contributed by atoms with E-state index in [0.29, 0.717) is 6.54 Å². The van der Waals surface area contributed by atoms with Gasteiger partial charge in [-0.15, -0.1) is 0 Å². The van der Waals surface area contributed by atoms with E-state index in [1.165, 1.54) is 8.61 Å². The molecule has 1 fully saturated rings. The number of aromatic nitrogens is 3. The Bertz CT molecular complexity index is 800. The van der Waals surface area contributed by atoms with E-state index >= 15 is 0 Å². The molecule has 1 aliphatic heterocycles. The summed E-state index contributed by atoms with van der Waals surface area (Å²) in [6.07, 6.45) is 1.62. The maximum atomic E-state index is 12.5. The van der Waals surface area contributed by atoms with Crippen LogP contribution in [0.3, 0.4) is 0 Å². The Morgan fingerprint density at radius 1 is 1.30 bits per heavy atom. The van der Waals surface area contributed by atoms with Crippen molar-refractivity contribution in [3.8, 4) is 11.4 Å². The highest BCUT2D eigenvalue weighted by Gasteiger charge is 2.37. The van der Waals surface area contributed by atoms with Crippen molar-refractivity contribution in [1.29, 1.82) is 0 Å². The van der Waals surface area contributed by atoms with Crippen LogP contribution in [-0.4, -0.2) is 52.8 Å². The first-order valence-corrected chi connectivity index (χ1v) is 8.98. The monoisotopic (exact) mass is 335 g/mol. The van der Waals surface area contributed by atoms with E-state index in [4.69, 9.17) is 0 Å². The van der Waals surface area contributed by atoms with Crippen molar-refractivity contribution in [2.24, 2.45) is 0 Å². The Morgan fingerprint density at radius 3 is 2.74 bits per heavy atom. The minimum absolute atomic E-state index is 0.220. The topological polar surface area (TPSA) is 82.2 Å². The molecule has 2 aromatic rings. The van der Waals surface area contributed by atoms with Crippen molar-refractivity contribution in [2.75, 3.05) is 20.6 Å². The summed E-state index contributed by atoms with van der Waals surface area (Å²) in [4.78, 5) is 4.65. The molecule has 0 amide bonds. The second-order valence-electron chi connectivity index (χ2n) is 5.94. The van der Waals surface area contributed by atoms with Crippen molar-refractivity contribution in [1.82, 2.24) is 23.8 Å². The highest BCUT2D eigenvalue weighted by atomic mass is 32.2. The van der Waals surface area contributed by atoms with Crippen molar-refractivity contribution in [3.63, 3.8) is 0 Å². The molecule has 8 heteroatoms. The first-order valence-electron chi connectivity index (χ1n) is 7.58. The summed E-state index contributed by atoms with van der Waals surface area (Å²) < 4.78 is 27.8. The van der Waals surface area contributed by atoms with Gasteiger partial charge in [0.2, 0.25) is 0 Å². The molecular weight excluding hydrogens is 314 g/mol. The predicted octanol–water partition coefficient (Wildman–Crippen LogP) is 1.72. The van der Waals surface area contributed by atoms with E-state index in [2.05, 4.69) is 15.2 Å². The molecular formula is C15H21N5O2S. The van der Waals surface area contributed by atoms with Crippen molar-refractivity contribution in [3.05, 3.63) is 35.7 Å². The number of aryl methyl sites for hydroxylation is 1. The number of hydrogen-bond donors (Lipinski definition) is 1. The Hall–Kier alpha value is -1.77. The van der Waals surface area contributed by atoms with E-state index in [9.17, 15) is 8.42 Å². The molecule has 3 rings (SSSR count). The van der Waals surface area contributed by atoms with Crippen molar-refractivity contribution >= 4 is 10.2 Å². The Labute approximate surface area is 136 Å². The maximum absolute atomic E-state index is 12.5. The number of aromatic amines is 1. The van der Waals surface area contributed by atoms with E-state index in [1.807, 2.05) is 31.2 Å². The highest BCUT2D eigenvalue weighted by Crippen LogP contribution is 2.34. The van der Waals surface area contributed by atoms with Crippen molar-refractivity contribution in [2.45, 2.75) is 25.8 Å². The zero-order valence-electron chi connectivity index (χ0n) is 13.5. The van der Waals surface area contributed by atoms with Crippen LogP contribution in [-0.2, 0) is 10.2 Å². The third-order valence-corrected chi connectivity index (χ3v) is 5.99. The minimum atomic E-state index is -3.44. The minimum Gasteiger partial charge on any atom is -0.282 e. The van der Waals surface area contributed by atoms with Crippen LogP contribution in [0.4, 0.5) is 0 Å². The van der Waals surface area contributed by atoms with Gasteiger partial charge in [0, 0.05) is 26.3 Å². The number of nitrogens with zero attached hydrogens (tertiary/aromatic N) is 4. The number of pyridine rings is 1. The lowest BCUT2D eigenvalue weighted by Gasteiger charge is -2.26. The summed E-state index contributed by atoms with van der Waals surface area (Å²) in [6, 6.07) is 7.38. The number of hydrogen-bond acceptors (Lipinski definition) is 4. The van der Waals surface area contributed by atoms with Crippen LogP contribution in [0, 0.1) is 6.92 Å². The van der Waals surface area contributed by atoms with Gasteiger partial charge < -0.3 is 0 Å². The molecule has 1 N–H and O–H groups in total. The van der Waals surface area contributed by atoms with E-state index in [1.54, 1.807) is 14.1 Å². The molecule has 0 unspecified atom stereocenters. The molecule has 0 aromatic carbocycles. The Morgan fingerprint density at radius 2 is 2.09 bits per heavy atom. The summed E-state index contributed by atoms with van der Waals surface area (Å²) in [6.45, 7) is 2.46.